The molecule has 0 unspecified atom stereocenters. The molecule has 20 heavy (non-hydrogen) atoms. The molecule has 108 valence electrons. The topological polar surface area (TPSA) is 96.0 Å². The summed E-state index contributed by atoms with van der Waals surface area (Å²) in [4.78, 5) is 36.9. The molecule has 1 aromatic heterocycles. The van der Waals surface area contributed by atoms with Gasteiger partial charge >= 0.3 is 5.69 Å². The Morgan fingerprint density at radius 2 is 2.35 bits per heavy atom. The Bertz CT molecular complexity index is 635. The maximum atomic E-state index is 12.3. The van der Waals surface area contributed by atoms with Gasteiger partial charge in [0.25, 0.3) is 5.56 Å². The molecule has 0 bridgehead atoms. The number of hydrogen-bond donors (Lipinski definition) is 3. The summed E-state index contributed by atoms with van der Waals surface area (Å²) in [6, 6.07) is 1.30. The zero-order chi connectivity index (χ0) is 14.2. The molecular formula is C13H18N4O3. The van der Waals surface area contributed by atoms with Gasteiger partial charge in [0, 0.05) is 31.9 Å². The number of hydrogen-bond acceptors (Lipinski definition) is 4. The van der Waals surface area contributed by atoms with Crippen molar-refractivity contribution in [2.75, 3.05) is 19.6 Å². The predicted octanol–water partition coefficient (Wildman–Crippen LogP) is -1.35. The summed E-state index contributed by atoms with van der Waals surface area (Å²) in [5.74, 6) is 0.537. The molecule has 2 fully saturated rings. The third-order valence-corrected chi connectivity index (χ3v) is 4.54. The molecule has 3 rings (SSSR count). The number of fused-ring (bicyclic) bond motifs is 1. The van der Waals surface area contributed by atoms with Crippen LogP contribution in [0.3, 0.4) is 0 Å². The highest BCUT2D eigenvalue weighted by Crippen LogP contribution is 2.49. The van der Waals surface area contributed by atoms with Gasteiger partial charge in [0.2, 0.25) is 5.91 Å². The molecule has 1 aromatic rings. The van der Waals surface area contributed by atoms with Crippen LogP contribution < -0.4 is 21.9 Å². The second kappa shape index (κ2) is 4.90. The smallest absolute Gasteiger partial charge is 0.328 e. The summed E-state index contributed by atoms with van der Waals surface area (Å²) < 4.78 is 1.38. The number of aromatic nitrogens is 2. The number of amides is 1. The highest BCUT2D eigenvalue weighted by Gasteiger charge is 2.54. The number of carbonyl (C=O) groups excluding carboxylic acids is 1. The molecule has 0 spiro atoms. The summed E-state index contributed by atoms with van der Waals surface area (Å²) in [5.41, 5.74) is -1.09. The molecule has 7 heteroatoms. The van der Waals surface area contributed by atoms with E-state index in [1.807, 2.05) is 0 Å². The van der Waals surface area contributed by atoms with Crippen molar-refractivity contribution < 1.29 is 4.79 Å². The minimum atomic E-state index is -0.450. The van der Waals surface area contributed by atoms with Gasteiger partial charge in [0.15, 0.2) is 0 Å². The molecule has 1 aliphatic heterocycles. The number of nitrogens with one attached hydrogen (secondary N) is 3. The van der Waals surface area contributed by atoms with Crippen LogP contribution in [0.1, 0.15) is 12.8 Å². The highest BCUT2D eigenvalue weighted by molar-refractivity contribution is 5.84. The molecule has 0 aromatic carbocycles. The lowest BCUT2D eigenvalue weighted by Gasteiger charge is -2.42. The van der Waals surface area contributed by atoms with E-state index >= 15 is 0 Å². The summed E-state index contributed by atoms with van der Waals surface area (Å²) in [6.07, 6.45) is 3.49. The molecule has 2 aliphatic rings. The van der Waals surface area contributed by atoms with Crippen molar-refractivity contribution in [2.45, 2.75) is 19.4 Å². The number of nitrogens with zero attached hydrogens (tertiary/aromatic N) is 1. The largest absolute Gasteiger partial charge is 0.354 e. The predicted molar refractivity (Wildman–Crippen MR) is 72.4 cm³/mol. The average Bonchev–Trinajstić information content (AvgIpc) is 2.68. The second-order valence-corrected chi connectivity index (χ2v) is 5.58. The van der Waals surface area contributed by atoms with Gasteiger partial charge in [-0.3, -0.25) is 19.1 Å². The monoisotopic (exact) mass is 278 g/mol. The van der Waals surface area contributed by atoms with Gasteiger partial charge in [0.1, 0.15) is 0 Å². The van der Waals surface area contributed by atoms with Gasteiger partial charge < -0.3 is 10.6 Å². The number of rotatable bonds is 4. The van der Waals surface area contributed by atoms with E-state index in [4.69, 9.17) is 0 Å². The van der Waals surface area contributed by atoms with Crippen LogP contribution in [0.15, 0.2) is 21.9 Å². The van der Waals surface area contributed by atoms with Gasteiger partial charge in [-0.2, -0.15) is 0 Å². The zero-order valence-corrected chi connectivity index (χ0v) is 11.1. The van der Waals surface area contributed by atoms with Crippen LogP contribution in [0.5, 0.6) is 0 Å². The normalized spacial score (nSPS) is 27.7. The van der Waals surface area contributed by atoms with Gasteiger partial charge in [-0.05, 0) is 25.3 Å². The van der Waals surface area contributed by atoms with Crippen molar-refractivity contribution in [1.29, 1.82) is 0 Å². The summed E-state index contributed by atoms with van der Waals surface area (Å²) in [7, 11) is 0. The minimum absolute atomic E-state index is 0.0798. The third kappa shape index (κ3) is 2.07. The van der Waals surface area contributed by atoms with Crippen molar-refractivity contribution in [3.05, 3.63) is 33.1 Å². The van der Waals surface area contributed by atoms with Crippen molar-refractivity contribution in [2.24, 2.45) is 11.3 Å². The van der Waals surface area contributed by atoms with Crippen LogP contribution in [0.25, 0.3) is 0 Å². The van der Waals surface area contributed by atoms with E-state index in [2.05, 4.69) is 15.6 Å². The Balaban J connectivity index is 1.56. The maximum absolute atomic E-state index is 12.3. The first-order chi connectivity index (χ1) is 9.62. The quantitative estimate of drug-likeness (QED) is 0.634. The van der Waals surface area contributed by atoms with Crippen LogP contribution >= 0.6 is 0 Å². The van der Waals surface area contributed by atoms with E-state index < -0.39 is 11.2 Å². The third-order valence-electron chi connectivity index (χ3n) is 4.54. The van der Waals surface area contributed by atoms with Gasteiger partial charge in [-0.1, -0.05) is 0 Å². The average molecular weight is 278 g/mol. The lowest BCUT2D eigenvalue weighted by molar-refractivity contribution is -0.138. The summed E-state index contributed by atoms with van der Waals surface area (Å²) >= 11 is 0. The van der Waals surface area contributed by atoms with Crippen LogP contribution in [-0.4, -0.2) is 35.1 Å². The van der Waals surface area contributed by atoms with E-state index in [1.54, 1.807) is 0 Å². The molecule has 1 amide bonds. The Morgan fingerprint density at radius 1 is 1.50 bits per heavy atom. The molecule has 1 aliphatic carbocycles. The highest BCUT2D eigenvalue weighted by atomic mass is 16.2. The molecule has 3 N–H and O–H groups in total. The van der Waals surface area contributed by atoms with Crippen LogP contribution in [-0.2, 0) is 11.3 Å². The van der Waals surface area contributed by atoms with E-state index in [1.165, 1.54) is 16.8 Å². The lowest BCUT2D eigenvalue weighted by Crippen LogP contribution is -2.52. The Labute approximate surface area is 115 Å². The van der Waals surface area contributed by atoms with Crippen molar-refractivity contribution in [1.82, 2.24) is 20.2 Å². The van der Waals surface area contributed by atoms with E-state index in [0.29, 0.717) is 19.0 Å². The summed E-state index contributed by atoms with van der Waals surface area (Å²) in [5, 5.41) is 6.18. The molecule has 2 heterocycles. The van der Waals surface area contributed by atoms with E-state index in [-0.39, 0.29) is 11.3 Å². The molecule has 1 saturated carbocycles. The number of H-pyrrole nitrogens is 1. The molecule has 1 saturated heterocycles. The Kier molecular flexibility index (Phi) is 3.21. The minimum Gasteiger partial charge on any atom is -0.354 e. The molecular weight excluding hydrogens is 260 g/mol. The van der Waals surface area contributed by atoms with Gasteiger partial charge in [0.05, 0.1) is 5.41 Å². The van der Waals surface area contributed by atoms with E-state index in [9.17, 15) is 14.4 Å². The first kappa shape index (κ1) is 13.1. The first-order valence-electron chi connectivity index (χ1n) is 6.91. The molecule has 2 atom stereocenters. The number of aromatic amines is 1. The zero-order valence-electron chi connectivity index (χ0n) is 11.1. The van der Waals surface area contributed by atoms with Gasteiger partial charge in [-0.15, -0.1) is 0 Å². The molecule has 7 nitrogen and oxygen atoms in total. The summed E-state index contributed by atoms with van der Waals surface area (Å²) in [6.45, 7) is 2.42. The SMILES string of the molecule is O=C(NCCn1ccc(=O)[nH]c1=O)[C@]12CC[C@H]1CNC2. The fraction of sp³-hybridized carbons (Fsp3) is 0.615. The van der Waals surface area contributed by atoms with Crippen LogP contribution in [0.2, 0.25) is 0 Å². The Hall–Kier alpha value is -1.89. The molecule has 0 radical (unpaired) electrons. The van der Waals surface area contributed by atoms with Gasteiger partial charge in [-0.25, -0.2) is 4.79 Å². The fourth-order valence-corrected chi connectivity index (χ4v) is 3.16. The first-order valence-corrected chi connectivity index (χ1v) is 6.91. The second-order valence-electron chi connectivity index (χ2n) is 5.58. The van der Waals surface area contributed by atoms with Crippen molar-refractivity contribution in [3.8, 4) is 0 Å². The Morgan fingerprint density at radius 3 is 3.00 bits per heavy atom. The standard InChI is InChI=1S/C13H18N4O3/c18-10-2-5-17(12(20)16-10)6-4-15-11(19)13-3-1-9(13)7-14-8-13/h2,5,9,14H,1,3-4,6-8H2,(H,15,19)(H,16,18,20)/t9-,13-/m0/s1. The number of carbonyl (C=O) groups is 1. The van der Waals surface area contributed by atoms with Crippen molar-refractivity contribution in [3.63, 3.8) is 0 Å². The van der Waals surface area contributed by atoms with Crippen molar-refractivity contribution >= 4 is 5.91 Å². The fourth-order valence-electron chi connectivity index (χ4n) is 3.16. The lowest BCUT2D eigenvalue weighted by atomic mass is 9.61. The van der Waals surface area contributed by atoms with E-state index in [0.717, 1.165) is 25.9 Å². The maximum Gasteiger partial charge on any atom is 0.328 e. The van der Waals surface area contributed by atoms with Crippen LogP contribution in [0, 0.1) is 11.3 Å². The van der Waals surface area contributed by atoms with Crippen LogP contribution in [0.4, 0.5) is 0 Å².